The molecule has 8 nitrogen and oxygen atoms in total. The zero-order valence-electron chi connectivity index (χ0n) is 21.9. The molecule has 0 radical (unpaired) electrons. The van der Waals surface area contributed by atoms with Gasteiger partial charge in [0, 0.05) is 33.3 Å². The molecule has 2 aliphatic rings. The van der Waals surface area contributed by atoms with Crippen LogP contribution in [0.2, 0.25) is 0 Å². The number of non-ortho nitro benzene ring substituents is 1. The molecule has 3 atom stereocenters. The Morgan fingerprint density at radius 1 is 1.05 bits per heavy atom. The van der Waals surface area contributed by atoms with Gasteiger partial charge in [-0.05, 0) is 55.3 Å². The van der Waals surface area contributed by atoms with Crippen LogP contribution in [0.15, 0.2) is 101 Å². The lowest BCUT2D eigenvalue weighted by atomic mass is 10.1. The summed E-state index contributed by atoms with van der Waals surface area (Å²) in [7, 11) is 0. The number of nitrogens with one attached hydrogen (secondary N) is 2. The molecule has 3 aromatic carbocycles. The smallest absolute Gasteiger partial charge is 0.325 e. The Morgan fingerprint density at radius 3 is 2.62 bits per heavy atom. The number of amides is 3. The monoisotopic (exact) mass is 572 g/mol. The minimum Gasteiger partial charge on any atom is -0.325 e. The Balaban J connectivity index is 1.29. The van der Waals surface area contributed by atoms with Crippen molar-refractivity contribution in [2.75, 3.05) is 15.5 Å². The quantitative estimate of drug-likeness (QED) is 0.173. The van der Waals surface area contributed by atoms with Gasteiger partial charge in [0.1, 0.15) is 0 Å². The number of carbonyl (C=O) groups is 2. The number of hydrogen-bond donors (Lipinski definition) is 2. The molecule has 1 heterocycles. The van der Waals surface area contributed by atoms with Crippen molar-refractivity contribution in [3.63, 3.8) is 0 Å². The van der Waals surface area contributed by atoms with E-state index in [1.807, 2.05) is 72.5 Å². The highest BCUT2D eigenvalue weighted by molar-refractivity contribution is 8.00. The number of carbonyl (C=O) groups excluding carboxylic acids is 2. The number of urea groups is 1. The Labute approximate surface area is 241 Å². The van der Waals surface area contributed by atoms with E-state index in [9.17, 15) is 19.7 Å². The number of rotatable bonds is 7. The summed E-state index contributed by atoms with van der Waals surface area (Å²) in [4.78, 5) is 41.0. The molecule has 0 aromatic heterocycles. The molecule has 0 saturated carbocycles. The van der Waals surface area contributed by atoms with E-state index in [1.54, 1.807) is 24.8 Å². The van der Waals surface area contributed by atoms with E-state index in [1.165, 1.54) is 23.9 Å². The number of fused-ring (bicyclic) bond motifs is 2. The lowest BCUT2D eigenvalue weighted by molar-refractivity contribution is -0.384. The molecule has 3 aromatic rings. The Hall–Kier alpha value is -4.02. The molecule has 0 bridgehead atoms. The summed E-state index contributed by atoms with van der Waals surface area (Å²) in [5.41, 5.74) is 2.66. The molecular weight excluding hydrogens is 544 g/mol. The molecule has 3 unspecified atom stereocenters. The van der Waals surface area contributed by atoms with Gasteiger partial charge in [-0.15, -0.1) is 23.5 Å². The van der Waals surface area contributed by atoms with Crippen molar-refractivity contribution in [2.45, 2.75) is 46.6 Å². The van der Waals surface area contributed by atoms with E-state index < -0.39 is 10.2 Å². The Bertz CT molecular complexity index is 1520. The number of para-hydroxylation sites is 1. The van der Waals surface area contributed by atoms with E-state index in [4.69, 9.17) is 0 Å². The highest BCUT2D eigenvalue weighted by Gasteiger charge is 2.36. The van der Waals surface area contributed by atoms with E-state index >= 15 is 0 Å². The van der Waals surface area contributed by atoms with Gasteiger partial charge in [-0.25, -0.2) is 4.79 Å². The molecular formula is C30H28N4O4S2. The van der Waals surface area contributed by atoms with Crippen LogP contribution in [0.5, 0.6) is 0 Å². The van der Waals surface area contributed by atoms with Crippen LogP contribution in [0.4, 0.5) is 27.5 Å². The van der Waals surface area contributed by atoms with Gasteiger partial charge >= 0.3 is 6.03 Å². The average molecular weight is 573 g/mol. The number of allylic oxidation sites excluding steroid dienone is 2. The fourth-order valence-corrected chi connectivity index (χ4v) is 6.93. The minimum atomic E-state index is -0.459. The second-order valence-corrected chi connectivity index (χ2v) is 11.9. The predicted molar refractivity (Wildman–Crippen MR) is 162 cm³/mol. The molecule has 204 valence electrons. The largest absolute Gasteiger partial charge is 0.326 e. The molecule has 1 aliphatic heterocycles. The average Bonchev–Trinajstić information content (AvgIpc) is 2.95. The lowest BCUT2D eigenvalue weighted by Gasteiger charge is -2.40. The summed E-state index contributed by atoms with van der Waals surface area (Å²) in [5.74, 6) is -0.190. The molecule has 3 amide bonds. The Kier molecular flexibility index (Phi) is 8.27. The van der Waals surface area contributed by atoms with Crippen LogP contribution in [-0.2, 0) is 4.79 Å². The number of benzene rings is 3. The second kappa shape index (κ2) is 12.0. The van der Waals surface area contributed by atoms with Gasteiger partial charge < -0.3 is 10.6 Å². The van der Waals surface area contributed by atoms with Gasteiger partial charge in [-0.3, -0.25) is 19.8 Å². The van der Waals surface area contributed by atoms with Gasteiger partial charge in [-0.1, -0.05) is 49.4 Å². The summed E-state index contributed by atoms with van der Waals surface area (Å²) in [6, 6.07) is 19.4. The van der Waals surface area contributed by atoms with Crippen molar-refractivity contribution in [2.24, 2.45) is 0 Å². The summed E-state index contributed by atoms with van der Waals surface area (Å²) in [6.07, 6.45) is 8.74. The van der Waals surface area contributed by atoms with Crippen LogP contribution < -0.4 is 15.5 Å². The molecule has 0 spiro atoms. The van der Waals surface area contributed by atoms with E-state index in [0.717, 1.165) is 15.5 Å². The number of hydrogen-bond acceptors (Lipinski definition) is 6. The van der Waals surface area contributed by atoms with E-state index in [-0.39, 0.29) is 28.9 Å². The van der Waals surface area contributed by atoms with Crippen molar-refractivity contribution in [3.8, 4) is 0 Å². The van der Waals surface area contributed by atoms with Gasteiger partial charge in [0.2, 0.25) is 5.91 Å². The van der Waals surface area contributed by atoms with Crippen LogP contribution in [0, 0.1) is 17.0 Å². The maximum atomic E-state index is 13.6. The molecule has 2 N–H and O–H groups in total. The molecule has 0 saturated heterocycles. The van der Waals surface area contributed by atoms with Gasteiger partial charge in [0.25, 0.3) is 5.69 Å². The van der Waals surface area contributed by atoms with Gasteiger partial charge in [0.05, 0.1) is 27.2 Å². The minimum absolute atomic E-state index is 0.0194. The van der Waals surface area contributed by atoms with Crippen molar-refractivity contribution in [1.82, 2.24) is 0 Å². The molecule has 1 aliphatic carbocycles. The molecule has 5 rings (SSSR count). The summed E-state index contributed by atoms with van der Waals surface area (Å²) in [5, 5.41) is 16.7. The fourth-order valence-electron chi connectivity index (χ4n) is 4.66. The highest BCUT2D eigenvalue weighted by Crippen LogP contribution is 2.43. The van der Waals surface area contributed by atoms with Crippen LogP contribution in [0.3, 0.4) is 0 Å². The van der Waals surface area contributed by atoms with Gasteiger partial charge in [0.15, 0.2) is 0 Å². The SMILES string of the molecule is CCC(Sc1cccc(NC(=O)N2c3ccccc3SC3C=CC=CC32)c1)C(=O)Nc1ccc([N+](=O)[O-])cc1C. The molecule has 10 heteroatoms. The van der Waals surface area contributed by atoms with Crippen LogP contribution >= 0.6 is 23.5 Å². The standard InChI is InChI=1S/C30H28N4O4S2/c1-3-26(29(35)32-23-16-15-21(34(37)38)17-19(23)2)39-22-10-8-9-20(18-22)31-30(36)33-24-11-4-6-13-27(24)40-28-14-7-5-12-25(28)33/h4-18,24,26-27H,3H2,1-2H3,(H,31,36)(H,32,35). The number of nitro groups is 1. The van der Waals surface area contributed by atoms with Crippen molar-refractivity contribution in [3.05, 3.63) is 107 Å². The zero-order chi connectivity index (χ0) is 28.2. The third-order valence-corrected chi connectivity index (χ3v) is 9.33. The number of aryl methyl sites for hydroxylation is 1. The molecule has 40 heavy (non-hydrogen) atoms. The second-order valence-electron chi connectivity index (χ2n) is 9.40. The predicted octanol–water partition coefficient (Wildman–Crippen LogP) is 7.42. The van der Waals surface area contributed by atoms with Crippen LogP contribution in [-0.4, -0.2) is 33.4 Å². The highest BCUT2D eigenvalue weighted by atomic mass is 32.2. The maximum absolute atomic E-state index is 13.6. The normalized spacial score (nSPS) is 17.9. The number of anilines is 3. The Morgan fingerprint density at radius 2 is 1.85 bits per heavy atom. The van der Waals surface area contributed by atoms with E-state index in [2.05, 4.69) is 22.8 Å². The summed E-state index contributed by atoms with van der Waals surface area (Å²) >= 11 is 3.16. The third kappa shape index (κ3) is 5.93. The fraction of sp³-hybridized carbons (Fsp3) is 0.200. The zero-order valence-corrected chi connectivity index (χ0v) is 23.6. The van der Waals surface area contributed by atoms with E-state index in [0.29, 0.717) is 23.4 Å². The first-order valence-electron chi connectivity index (χ1n) is 12.9. The number of nitro benzene ring substituents is 1. The van der Waals surface area contributed by atoms with Crippen LogP contribution in [0.1, 0.15) is 18.9 Å². The summed E-state index contributed by atoms with van der Waals surface area (Å²) < 4.78 is 0. The van der Waals surface area contributed by atoms with Crippen molar-refractivity contribution in [1.29, 1.82) is 0 Å². The van der Waals surface area contributed by atoms with Crippen molar-refractivity contribution < 1.29 is 14.5 Å². The summed E-state index contributed by atoms with van der Waals surface area (Å²) in [6.45, 7) is 3.66. The van der Waals surface area contributed by atoms with Gasteiger partial charge in [-0.2, -0.15) is 0 Å². The first-order valence-corrected chi connectivity index (χ1v) is 14.6. The van der Waals surface area contributed by atoms with Crippen molar-refractivity contribution >= 4 is 58.2 Å². The maximum Gasteiger partial charge on any atom is 0.326 e. The number of thioether (sulfide) groups is 2. The lowest BCUT2D eigenvalue weighted by Crippen LogP contribution is -2.49. The number of nitrogens with zero attached hydrogens (tertiary/aromatic N) is 2. The topological polar surface area (TPSA) is 105 Å². The first-order chi connectivity index (χ1) is 19.3. The van der Waals surface area contributed by atoms with Crippen LogP contribution in [0.25, 0.3) is 0 Å². The third-order valence-electron chi connectivity index (χ3n) is 6.67. The molecule has 0 fully saturated rings. The first kappa shape index (κ1) is 27.5.